The van der Waals surface area contributed by atoms with E-state index >= 15 is 0 Å². The van der Waals surface area contributed by atoms with Gasteiger partial charge in [0, 0.05) is 38.4 Å². The summed E-state index contributed by atoms with van der Waals surface area (Å²) in [5.74, 6) is -2.15. The molecule has 0 aliphatic heterocycles. The van der Waals surface area contributed by atoms with Gasteiger partial charge in [-0.1, -0.05) is 0 Å². The van der Waals surface area contributed by atoms with E-state index in [0.717, 1.165) is 0 Å². The van der Waals surface area contributed by atoms with Crippen LogP contribution in [0.1, 0.15) is 17.3 Å². The van der Waals surface area contributed by atoms with Crippen LogP contribution < -0.4 is 5.32 Å². The van der Waals surface area contributed by atoms with Crippen LogP contribution in [0.2, 0.25) is 0 Å². The zero-order chi connectivity index (χ0) is 13.5. The fourth-order valence-electron chi connectivity index (χ4n) is 1.15. The molecular formula is C13H11NO4Y-2. The Labute approximate surface area is 135 Å². The molecule has 1 amide bonds. The van der Waals surface area contributed by atoms with Crippen molar-refractivity contribution in [3.05, 3.63) is 48.1 Å². The van der Waals surface area contributed by atoms with Crippen molar-refractivity contribution in [2.45, 2.75) is 6.92 Å². The number of aromatic hydroxyl groups is 1. The monoisotopic (exact) mass is 334 g/mol. The Morgan fingerprint density at radius 2 is 2.00 bits per heavy atom. The van der Waals surface area contributed by atoms with Crippen molar-refractivity contribution in [3.8, 4) is 5.75 Å². The third-order valence-corrected chi connectivity index (χ3v) is 1.95. The van der Waals surface area contributed by atoms with Gasteiger partial charge in [0.25, 0.3) is 0 Å². The standard InChI is InChI=1S/C13H11NO4.Y/c1-2-3-4-5-12(16)14-9-6-7-11(15)10(8-9)13(17)18;/h3-4,6-8,15H,1H3,(H,14,16)(H,17,18);/q-2;. The number of hydrogen-bond acceptors (Lipinski definition) is 3. The predicted octanol–water partition coefficient (Wildman–Crippen LogP) is 1.77. The number of hydrogen-bond donors (Lipinski definition) is 3. The maximum atomic E-state index is 11.3. The normalized spacial score (nSPS) is 10.4. The number of carboxylic acid groups (broad SMARTS) is 1. The van der Waals surface area contributed by atoms with Crippen molar-refractivity contribution in [3.63, 3.8) is 0 Å². The van der Waals surface area contributed by atoms with Crippen molar-refractivity contribution in [1.82, 2.24) is 0 Å². The van der Waals surface area contributed by atoms with E-state index in [2.05, 4.69) is 17.5 Å². The van der Waals surface area contributed by atoms with Gasteiger partial charge in [-0.2, -0.15) is 0 Å². The van der Waals surface area contributed by atoms with E-state index in [1.165, 1.54) is 30.4 Å². The van der Waals surface area contributed by atoms with Crippen molar-refractivity contribution in [2.75, 3.05) is 5.32 Å². The first kappa shape index (κ1) is 17.5. The summed E-state index contributed by atoms with van der Waals surface area (Å²) in [4.78, 5) is 22.1. The molecule has 19 heavy (non-hydrogen) atoms. The van der Waals surface area contributed by atoms with Crippen LogP contribution in [0.25, 0.3) is 0 Å². The molecule has 3 N–H and O–H groups in total. The smallest absolute Gasteiger partial charge is 0.339 e. The van der Waals surface area contributed by atoms with Crippen LogP contribution in [0, 0.1) is 12.2 Å². The second-order valence-electron chi connectivity index (χ2n) is 3.26. The van der Waals surface area contributed by atoms with Crippen LogP contribution in [-0.4, -0.2) is 22.1 Å². The molecular weight excluding hydrogens is 323 g/mol. The Balaban J connectivity index is 0.00000324. The van der Waals surface area contributed by atoms with Gasteiger partial charge in [-0.25, -0.2) is 4.79 Å². The quantitative estimate of drug-likeness (QED) is 0.339. The largest absolute Gasteiger partial charge is 0.507 e. The van der Waals surface area contributed by atoms with Gasteiger partial charge < -0.3 is 33.8 Å². The number of rotatable bonds is 4. The van der Waals surface area contributed by atoms with Crippen molar-refractivity contribution < 1.29 is 52.5 Å². The number of phenols is 1. The molecule has 5 nitrogen and oxygen atoms in total. The van der Waals surface area contributed by atoms with E-state index < -0.39 is 11.9 Å². The van der Waals surface area contributed by atoms with Crippen molar-refractivity contribution >= 4 is 17.6 Å². The average molecular weight is 334 g/mol. The summed E-state index contributed by atoms with van der Waals surface area (Å²) in [7, 11) is 0. The van der Waals surface area contributed by atoms with Crippen LogP contribution in [0.3, 0.4) is 0 Å². The molecule has 0 aliphatic rings. The summed E-state index contributed by atoms with van der Waals surface area (Å²) in [6.45, 7) is 1.68. The summed E-state index contributed by atoms with van der Waals surface area (Å²) in [6.07, 6.45) is 7.97. The van der Waals surface area contributed by atoms with E-state index in [1.54, 1.807) is 6.92 Å². The molecule has 1 rings (SSSR count). The van der Waals surface area contributed by atoms with Gasteiger partial charge in [-0.05, 0) is 18.2 Å². The van der Waals surface area contributed by atoms with E-state index in [4.69, 9.17) is 5.11 Å². The average Bonchev–Trinajstić information content (AvgIpc) is 2.31. The summed E-state index contributed by atoms with van der Waals surface area (Å²) < 4.78 is 0. The van der Waals surface area contributed by atoms with Gasteiger partial charge in [-0.3, -0.25) is 10.9 Å². The predicted molar refractivity (Wildman–Crippen MR) is 65.0 cm³/mol. The Hall–Kier alpha value is -1.46. The maximum absolute atomic E-state index is 11.3. The third kappa shape index (κ3) is 5.81. The molecule has 97 valence electrons. The van der Waals surface area contributed by atoms with E-state index in [1.807, 2.05) is 0 Å². The number of carbonyl (C=O) groups excluding carboxylic acids is 1. The molecule has 0 unspecified atom stereocenters. The fourth-order valence-corrected chi connectivity index (χ4v) is 1.15. The van der Waals surface area contributed by atoms with Crippen molar-refractivity contribution in [1.29, 1.82) is 0 Å². The summed E-state index contributed by atoms with van der Waals surface area (Å²) in [5.41, 5.74) is -0.0147. The summed E-state index contributed by atoms with van der Waals surface area (Å²) >= 11 is 0. The number of carboxylic acids is 1. The molecule has 0 spiro atoms. The van der Waals surface area contributed by atoms with E-state index in [-0.39, 0.29) is 49.7 Å². The third-order valence-electron chi connectivity index (χ3n) is 1.95. The van der Waals surface area contributed by atoms with E-state index in [9.17, 15) is 14.7 Å². The number of anilines is 1. The van der Waals surface area contributed by atoms with Crippen LogP contribution in [0.15, 0.2) is 30.4 Å². The number of benzene rings is 1. The molecule has 0 saturated carbocycles. The van der Waals surface area contributed by atoms with Gasteiger partial charge >= 0.3 is 5.97 Å². The Morgan fingerprint density at radius 3 is 2.58 bits per heavy atom. The van der Waals surface area contributed by atoms with Gasteiger partial charge in [0.1, 0.15) is 17.2 Å². The zero-order valence-corrected chi connectivity index (χ0v) is 13.0. The number of aromatic carboxylic acids is 1. The molecule has 1 radical (unpaired) electrons. The number of amides is 1. The van der Waals surface area contributed by atoms with Crippen molar-refractivity contribution in [2.24, 2.45) is 0 Å². The molecule has 0 aromatic heterocycles. The molecule has 0 aliphatic carbocycles. The number of carbonyl (C=O) groups is 2. The molecule has 0 heterocycles. The summed E-state index contributed by atoms with van der Waals surface area (Å²) in [5, 5.41) is 20.5. The second-order valence-corrected chi connectivity index (χ2v) is 3.26. The minimum atomic E-state index is -1.27. The summed E-state index contributed by atoms with van der Waals surface area (Å²) in [6, 6.07) is 3.75. The fraction of sp³-hybridized carbons (Fsp3) is 0.0769. The second kappa shape index (κ2) is 8.61. The molecule has 6 heteroatoms. The van der Waals surface area contributed by atoms with Crippen LogP contribution in [-0.2, 0) is 37.5 Å². The van der Waals surface area contributed by atoms with Crippen LogP contribution in [0.4, 0.5) is 5.69 Å². The molecule has 1 aromatic carbocycles. The Morgan fingerprint density at radius 1 is 1.32 bits per heavy atom. The first-order chi connectivity index (χ1) is 8.54. The van der Waals surface area contributed by atoms with Gasteiger partial charge in [0.15, 0.2) is 0 Å². The first-order valence-corrected chi connectivity index (χ1v) is 5.00. The van der Waals surface area contributed by atoms with Crippen LogP contribution >= 0.6 is 0 Å². The SMILES string of the molecule is C[C-]=CC=[C-]C(=O)Nc1ccc(O)c(C(=O)O)c1.[Y]. The Kier molecular flexibility index (Phi) is 7.95. The molecule has 0 fully saturated rings. The van der Waals surface area contributed by atoms with Gasteiger partial charge in [0.05, 0.1) is 0 Å². The number of allylic oxidation sites excluding steroid dienone is 3. The molecule has 0 bridgehead atoms. The molecule has 1 aromatic rings. The first-order valence-electron chi connectivity index (χ1n) is 5.00. The zero-order valence-electron chi connectivity index (χ0n) is 10.2. The van der Waals surface area contributed by atoms with Crippen LogP contribution in [0.5, 0.6) is 5.75 Å². The molecule has 0 atom stereocenters. The maximum Gasteiger partial charge on any atom is 0.339 e. The van der Waals surface area contributed by atoms with Gasteiger partial charge in [-0.15, -0.1) is 6.92 Å². The van der Waals surface area contributed by atoms with E-state index in [0.29, 0.717) is 0 Å². The van der Waals surface area contributed by atoms with Gasteiger partial charge in [0.2, 0.25) is 0 Å². The minimum absolute atomic E-state index is 0. The minimum Gasteiger partial charge on any atom is -0.507 e. The number of nitrogens with one attached hydrogen (secondary N) is 1. The topological polar surface area (TPSA) is 86.6 Å². The molecule has 0 saturated heterocycles. The Bertz CT molecular complexity index is 523.